The molecule has 8 heteroatoms. The van der Waals surface area contributed by atoms with Gasteiger partial charge in [0.2, 0.25) is 5.91 Å². The molecule has 1 aliphatic heterocycles. The van der Waals surface area contributed by atoms with Crippen LogP contribution < -0.4 is 10.2 Å². The van der Waals surface area contributed by atoms with E-state index in [4.69, 9.17) is 0 Å². The second-order valence-corrected chi connectivity index (χ2v) is 8.94. The van der Waals surface area contributed by atoms with Crippen molar-refractivity contribution in [3.63, 3.8) is 0 Å². The first-order valence-corrected chi connectivity index (χ1v) is 11.3. The average Bonchev–Trinajstić information content (AvgIpc) is 3.14. The van der Waals surface area contributed by atoms with Crippen molar-refractivity contribution >= 4 is 35.0 Å². The van der Waals surface area contributed by atoms with Crippen molar-refractivity contribution in [1.29, 1.82) is 0 Å². The van der Waals surface area contributed by atoms with Crippen LogP contribution >= 0.6 is 11.8 Å². The van der Waals surface area contributed by atoms with Crippen LogP contribution in [-0.4, -0.2) is 17.6 Å². The highest BCUT2D eigenvalue weighted by Gasteiger charge is 2.35. The van der Waals surface area contributed by atoms with Gasteiger partial charge in [-0.15, -0.1) is 11.8 Å². The Hall–Kier alpha value is -3.26. The minimum Gasteiger partial charge on any atom is -0.322 e. The lowest BCUT2D eigenvalue weighted by Crippen LogP contribution is -2.28. The number of rotatable bonds is 4. The number of nitrogens with one attached hydrogen (secondary N) is 1. The Morgan fingerprint density at radius 2 is 1.79 bits per heavy atom. The first-order chi connectivity index (χ1) is 15.6. The molecule has 33 heavy (non-hydrogen) atoms. The van der Waals surface area contributed by atoms with Crippen molar-refractivity contribution in [3.05, 3.63) is 94.5 Å². The van der Waals surface area contributed by atoms with Gasteiger partial charge >= 0.3 is 6.18 Å². The molecule has 1 saturated heterocycles. The van der Waals surface area contributed by atoms with E-state index in [9.17, 15) is 22.8 Å². The lowest BCUT2D eigenvalue weighted by Gasteiger charge is -2.26. The number of aryl methyl sites for hydroxylation is 2. The summed E-state index contributed by atoms with van der Waals surface area (Å²) in [7, 11) is 0. The molecule has 4 nitrogen and oxygen atoms in total. The van der Waals surface area contributed by atoms with Crippen LogP contribution in [0.15, 0.2) is 66.7 Å². The molecular formula is C25H21F3N2O2S. The first kappa shape index (κ1) is 22.9. The van der Waals surface area contributed by atoms with E-state index in [1.807, 2.05) is 38.1 Å². The van der Waals surface area contributed by atoms with E-state index in [-0.39, 0.29) is 16.8 Å². The number of nitrogens with zero attached hydrogens (tertiary/aromatic N) is 1. The number of halogens is 3. The molecule has 170 valence electrons. The Morgan fingerprint density at radius 1 is 1.03 bits per heavy atom. The van der Waals surface area contributed by atoms with Crippen LogP contribution in [0.25, 0.3) is 0 Å². The summed E-state index contributed by atoms with van der Waals surface area (Å²) in [5.74, 6) is -0.311. The molecule has 0 saturated carbocycles. The van der Waals surface area contributed by atoms with Crippen LogP contribution in [0.1, 0.15) is 38.0 Å². The van der Waals surface area contributed by atoms with Gasteiger partial charge in [0.15, 0.2) is 0 Å². The van der Waals surface area contributed by atoms with Crippen molar-refractivity contribution in [2.24, 2.45) is 0 Å². The van der Waals surface area contributed by atoms with Gasteiger partial charge in [-0.2, -0.15) is 13.2 Å². The van der Waals surface area contributed by atoms with Gasteiger partial charge in [-0.3, -0.25) is 14.5 Å². The third-order valence-electron chi connectivity index (χ3n) is 5.36. The molecule has 0 bridgehead atoms. The molecule has 4 rings (SSSR count). The molecule has 0 radical (unpaired) electrons. The maximum Gasteiger partial charge on any atom is 0.416 e. The van der Waals surface area contributed by atoms with Crippen LogP contribution in [0, 0.1) is 13.8 Å². The Morgan fingerprint density at radius 3 is 2.52 bits per heavy atom. The molecule has 1 N–H and O–H groups in total. The highest BCUT2D eigenvalue weighted by Crippen LogP contribution is 2.43. The zero-order valence-electron chi connectivity index (χ0n) is 17.9. The monoisotopic (exact) mass is 470 g/mol. The van der Waals surface area contributed by atoms with Gasteiger partial charge in [0, 0.05) is 16.9 Å². The Bertz CT molecular complexity index is 1230. The summed E-state index contributed by atoms with van der Waals surface area (Å²) in [6, 6.07) is 17.2. The second-order valence-electron chi connectivity index (χ2n) is 7.88. The molecule has 0 unspecified atom stereocenters. The van der Waals surface area contributed by atoms with Crippen molar-refractivity contribution in [1.82, 2.24) is 0 Å². The number of hydrogen-bond donors (Lipinski definition) is 1. The summed E-state index contributed by atoms with van der Waals surface area (Å²) in [5.41, 5.74) is 3.21. The first-order valence-electron chi connectivity index (χ1n) is 10.2. The van der Waals surface area contributed by atoms with Crippen LogP contribution in [-0.2, 0) is 11.0 Å². The number of amides is 2. The molecule has 1 aliphatic rings. The van der Waals surface area contributed by atoms with Gasteiger partial charge in [0.25, 0.3) is 5.91 Å². The number of alkyl halides is 3. The predicted molar refractivity (Wildman–Crippen MR) is 124 cm³/mol. The fraction of sp³-hybridized carbons (Fsp3) is 0.200. The van der Waals surface area contributed by atoms with Gasteiger partial charge in [-0.05, 0) is 61.4 Å². The molecule has 0 spiro atoms. The summed E-state index contributed by atoms with van der Waals surface area (Å²) < 4.78 is 38.9. The standard InChI is InChI=1S/C25H21F3N2O2S/c1-15-9-10-21(16(2)11-15)30-22(31)14-33-24(30)18-6-4-8-20(13-18)29-23(32)17-5-3-7-19(12-17)25(26,27)28/h3-13,24H,14H2,1-2H3,(H,29,32)/t24-/m1/s1. The SMILES string of the molecule is Cc1ccc(N2C(=O)CS[C@@H]2c2cccc(NC(=O)c3cccc(C(F)(F)F)c3)c2)c(C)c1. The van der Waals surface area contributed by atoms with E-state index in [0.29, 0.717) is 11.4 Å². The maximum absolute atomic E-state index is 13.0. The summed E-state index contributed by atoms with van der Waals surface area (Å²) in [4.78, 5) is 27.0. The third kappa shape index (κ3) is 4.90. The van der Waals surface area contributed by atoms with Crippen LogP contribution in [0.5, 0.6) is 0 Å². The summed E-state index contributed by atoms with van der Waals surface area (Å²) in [6.07, 6.45) is -4.53. The topological polar surface area (TPSA) is 49.4 Å². The lowest BCUT2D eigenvalue weighted by molar-refractivity contribution is -0.137. The van der Waals surface area contributed by atoms with Gasteiger partial charge in [0.1, 0.15) is 5.37 Å². The maximum atomic E-state index is 13.0. The zero-order chi connectivity index (χ0) is 23.8. The van der Waals surface area contributed by atoms with Crippen molar-refractivity contribution in [3.8, 4) is 0 Å². The predicted octanol–water partition coefficient (Wildman–Crippen LogP) is 6.35. The average molecular weight is 471 g/mol. The van der Waals surface area contributed by atoms with E-state index in [1.165, 1.54) is 23.9 Å². The highest BCUT2D eigenvalue weighted by molar-refractivity contribution is 8.00. The number of thioether (sulfide) groups is 1. The largest absolute Gasteiger partial charge is 0.416 e. The number of hydrogen-bond acceptors (Lipinski definition) is 3. The van der Waals surface area contributed by atoms with E-state index < -0.39 is 17.6 Å². The smallest absolute Gasteiger partial charge is 0.322 e. The summed E-state index contributed by atoms with van der Waals surface area (Å²) in [6.45, 7) is 3.95. The Balaban J connectivity index is 1.59. The number of anilines is 2. The van der Waals surface area contributed by atoms with Crippen molar-refractivity contribution in [2.75, 3.05) is 16.0 Å². The van der Waals surface area contributed by atoms with Gasteiger partial charge in [0.05, 0.1) is 11.3 Å². The van der Waals surface area contributed by atoms with Gasteiger partial charge in [-0.1, -0.05) is 35.9 Å². The minimum atomic E-state index is -4.53. The van der Waals surface area contributed by atoms with Crippen LogP contribution in [0.3, 0.4) is 0 Å². The third-order valence-corrected chi connectivity index (χ3v) is 6.57. The molecule has 1 heterocycles. The minimum absolute atomic E-state index is 0.00430. The van der Waals surface area contributed by atoms with Crippen LogP contribution in [0.2, 0.25) is 0 Å². The van der Waals surface area contributed by atoms with E-state index in [0.717, 1.165) is 34.5 Å². The molecular weight excluding hydrogens is 449 g/mol. The van der Waals surface area contributed by atoms with E-state index in [2.05, 4.69) is 5.32 Å². The fourth-order valence-corrected chi connectivity index (χ4v) is 4.98. The van der Waals surface area contributed by atoms with E-state index >= 15 is 0 Å². The van der Waals surface area contributed by atoms with Crippen molar-refractivity contribution in [2.45, 2.75) is 25.4 Å². The lowest BCUT2D eigenvalue weighted by atomic mass is 10.1. The summed E-state index contributed by atoms with van der Waals surface area (Å²) in [5, 5.41) is 2.39. The van der Waals surface area contributed by atoms with E-state index in [1.54, 1.807) is 23.1 Å². The van der Waals surface area contributed by atoms with Gasteiger partial charge in [-0.25, -0.2) is 0 Å². The molecule has 0 aliphatic carbocycles. The molecule has 2 amide bonds. The Labute approximate surface area is 193 Å². The Kier molecular flexibility index (Phi) is 6.21. The van der Waals surface area contributed by atoms with Crippen molar-refractivity contribution < 1.29 is 22.8 Å². The molecule has 3 aromatic rings. The molecule has 1 fully saturated rings. The number of benzene rings is 3. The van der Waals surface area contributed by atoms with Gasteiger partial charge < -0.3 is 5.32 Å². The normalized spacial score (nSPS) is 16.2. The highest BCUT2D eigenvalue weighted by atomic mass is 32.2. The quantitative estimate of drug-likeness (QED) is 0.483. The molecule has 3 aromatic carbocycles. The fourth-order valence-electron chi connectivity index (χ4n) is 3.82. The molecule has 1 atom stereocenters. The number of carbonyl (C=O) groups excluding carboxylic acids is 2. The summed E-state index contributed by atoms with van der Waals surface area (Å²) >= 11 is 1.49. The molecule has 0 aromatic heterocycles. The second kappa shape index (κ2) is 8.94. The van der Waals surface area contributed by atoms with Crippen LogP contribution in [0.4, 0.5) is 24.5 Å². The zero-order valence-corrected chi connectivity index (χ0v) is 18.8. The number of carbonyl (C=O) groups is 2.